The fourth-order valence-corrected chi connectivity index (χ4v) is 2.33. The van der Waals surface area contributed by atoms with Gasteiger partial charge in [-0.25, -0.2) is 0 Å². The van der Waals surface area contributed by atoms with Crippen molar-refractivity contribution in [2.45, 2.75) is 106 Å². The molecule has 0 bridgehead atoms. The molecule has 0 aliphatic heterocycles. The first-order chi connectivity index (χ1) is 22.3. The SMILES string of the molecule is C=C(C)C(O)C#CC(O)C(=C)C.C=C(C)C(O)C=CC(O)C(=C)C.CC(=CC=CC=C(C)CCl)CCl.CCC(C)=CC=CC=C(C)CC. The fourth-order valence-electron chi connectivity index (χ4n) is 2.15. The molecule has 270 valence electrons. The first kappa shape index (κ1) is 51.9. The Bertz CT molecular complexity index is 1090. The van der Waals surface area contributed by atoms with Gasteiger partial charge in [-0.2, -0.15) is 0 Å². The van der Waals surface area contributed by atoms with E-state index in [2.05, 4.69) is 90.2 Å². The van der Waals surface area contributed by atoms with E-state index in [-0.39, 0.29) is 0 Å². The summed E-state index contributed by atoms with van der Waals surface area (Å²) in [5.41, 5.74) is 7.60. The first-order valence-corrected chi connectivity index (χ1v) is 17.0. The molecule has 0 aromatic heterocycles. The third-order valence-corrected chi connectivity index (χ3v) is 6.90. The third-order valence-electron chi connectivity index (χ3n) is 6.06. The van der Waals surface area contributed by atoms with Crippen LogP contribution >= 0.6 is 23.2 Å². The number of hydrogen-bond donors (Lipinski definition) is 4. The standard InChI is InChI=1S/C12H20.C10H14Cl2.C10H16O2.C10H14O2/c1-5-11(3)9-7-8-10-12(4)6-2;1-9(7-11)5-3-4-6-10(2)8-12;2*1-7(2)9(11)5-6-10(12)8(3)4/h7-10H,5-6H2,1-4H3;3-6H,7-8H2,1-2H3;5-6,9-12H,1,3H2,2,4H3;9-12H,1,3H2,2,4H3. The molecule has 0 aliphatic rings. The molecule has 4 atom stereocenters. The molecule has 0 heterocycles. The lowest BCUT2D eigenvalue weighted by Gasteiger charge is -2.06. The lowest BCUT2D eigenvalue weighted by molar-refractivity contribution is 0.244. The van der Waals surface area contributed by atoms with Gasteiger partial charge in [0.05, 0.1) is 12.2 Å². The summed E-state index contributed by atoms with van der Waals surface area (Å²) in [5.74, 6) is 6.09. The van der Waals surface area contributed by atoms with Crippen LogP contribution in [0.3, 0.4) is 0 Å². The Labute approximate surface area is 304 Å². The van der Waals surface area contributed by atoms with E-state index in [1.807, 2.05) is 38.2 Å². The minimum absolute atomic E-state index is 0.566. The topological polar surface area (TPSA) is 80.9 Å². The van der Waals surface area contributed by atoms with Crippen molar-refractivity contribution in [3.05, 3.63) is 132 Å². The summed E-state index contributed by atoms with van der Waals surface area (Å²) in [5, 5.41) is 36.7. The Morgan fingerprint density at radius 2 is 0.750 bits per heavy atom. The number of halogens is 2. The summed E-state index contributed by atoms with van der Waals surface area (Å²) in [7, 11) is 0. The molecule has 0 aromatic rings. The van der Waals surface area contributed by atoms with Crippen molar-refractivity contribution in [3.63, 3.8) is 0 Å². The van der Waals surface area contributed by atoms with Gasteiger partial charge in [-0.05, 0) is 90.5 Å². The van der Waals surface area contributed by atoms with E-state index in [1.165, 1.54) is 23.3 Å². The van der Waals surface area contributed by atoms with Crippen molar-refractivity contribution in [2.24, 2.45) is 0 Å². The van der Waals surface area contributed by atoms with Gasteiger partial charge >= 0.3 is 0 Å². The smallest absolute Gasteiger partial charge is 0.135 e. The van der Waals surface area contributed by atoms with Gasteiger partial charge in [0.2, 0.25) is 0 Å². The fraction of sp³-hybridized carbons (Fsp3) is 0.429. The normalized spacial score (nSPS) is 14.7. The highest BCUT2D eigenvalue weighted by Gasteiger charge is 2.02. The summed E-state index contributed by atoms with van der Waals surface area (Å²) in [4.78, 5) is 0. The molecule has 6 heteroatoms. The monoisotopic (exact) mass is 702 g/mol. The van der Waals surface area contributed by atoms with Crippen LogP contribution in [0.5, 0.6) is 0 Å². The zero-order valence-corrected chi connectivity index (χ0v) is 32.8. The van der Waals surface area contributed by atoms with Gasteiger partial charge in [-0.3, -0.25) is 0 Å². The van der Waals surface area contributed by atoms with Crippen molar-refractivity contribution < 1.29 is 20.4 Å². The van der Waals surface area contributed by atoms with E-state index in [0.29, 0.717) is 34.1 Å². The number of aliphatic hydroxyl groups is 4. The average Bonchev–Trinajstić information content (AvgIpc) is 3.05. The minimum atomic E-state index is -0.862. The van der Waals surface area contributed by atoms with Crippen molar-refractivity contribution >= 4 is 23.2 Å². The van der Waals surface area contributed by atoms with Crippen LogP contribution in [-0.4, -0.2) is 56.6 Å². The van der Waals surface area contributed by atoms with Gasteiger partial charge in [0.25, 0.3) is 0 Å². The largest absolute Gasteiger partial charge is 0.385 e. The van der Waals surface area contributed by atoms with E-state index >= 15 is 0 Å². The molecule has 0 fully saturated rings. The quantitative estimate of drug-likeness (QED) is 0.0628. The lowest BCUT2D eigenvalue weighted by atomic mass is 10.1. The molecule has 0 radical (unpaired) electrons. The summed E-state index contributed by atoms with van der Waals surface area (Å²) in [6.45, 7) is 33.6. The molecule has 0 amide bonds. The van der Waals surface area contributed by atoms with Crippen LogP contribution in [-0.2, 0) is 0 Å². The molecule has 4 nitrogen and oxygen atoms in total. The maximum absolute atomic E-state index is 9.23. The molecule has 48 heavy (non-hydrogen) atoms. The second-order valence-electron chi connectivity index (χ2n) is 11.5. The maximum Gasteiger partial charge on any atom is 0.135 e. The second-order valence-corrected chi connectivity index (χ2v) is 12.1. The van der Waals surface area contributed by atoms with E-state index in [4.69, 9.17) is 33.4 Å². The van der Waals surface area contributed by atoms with E-state index in [9.17, 15) is 10.2 Å². The molecule has 4 N–H and O–H groups in total. The van der Waals surface area contributed by atoms with Gasteiger partial charge in [-0.1, -0.05) is 135 Å². The molecular formula is C42H64Cl2O4. The molecule has 0 aliphatic carbocycles. The Morgan fingerprint density at radius 1 is 0.500 bits per heavy atom. The van der Waals surface area contributed by atoms with E-state index < -0.39 is 24.4 Å². The molecule has 0 rings (SSSR count). The van der Waals surface area contributed by atoms with E-state index in [0.717, 1.165) is 24.0 Å². The first-order valence-electron chi connectivity index (χ1n) is 15.9. The van der Waals surface area contributed by atoms with Crippen molar-refractivity contribution in [1.29, 1.82) is 0 Å². The zero-order valence-electron chi connectivity index (χ0n) is 31.3. The lowest BCUT2D eigenvalue weighted by Crippen LogP contribution is -2.07. The number of hydrogen-bond acceptors (Lipinski definition) is 4. The Morgan fingerprint density at radius 3 is 0.938 bits per heavy atom. The van der Waals surface area contributed by atoms with Gasteiger partial charge in [0, 0.05) is 11.8 Å². The number of rotatable bonds is 14. The molecule has 0 saturated carbocycles. The average molecular weight is 704 g/mol. The van der Waals surface area contributed by atoms with E-state index in [1.54, 1.807) is 27.7 Å². The Hall–Kier alpha value is -2.88. The van der Waals surface area contributed by atoms with Crippen molar-refractivity contribution in [3.8, 4) is 11.8 Å². The highest BCUT2D eigenvalue weighted by atomic mass is 35.5. The van der Waals surface area contributed by atoms with Gasteiger partial charge in [-0.15, -0.1) is 23.2 Å². The van der Waals surface area contributed by atoms with Gasteiger partial charge in [0.1, 0.15) is 12.2 Å². The third kappa shape index (κ3) is 37.6. The Kier molecular flexibility index (Phi) is 36.8. The highest BCUT2D eigenvalue weighted by molar-refractivity contribution is 6.19. The second kappa shape index (κ2) is 34.0. The Balaban J connectivity index is -0.000000269. The molecule has 0 saturated heterocycles. The molecule has 4 unspecified atom stereocenters. The molecule has 0 spiro atoms. The van der Waals surface area contributed by atoms with Crippen LogP contribution in [0.2, 0.25) is 0 Å². The van der Waals surface area contributed by atoms with Crippen LogP contribution in [0.1, 0.15) is 82.1 Å². The maximum atomic E-state index is 9.23. The summed E-state index contributed by atoms with van der Waals surface area (Å²) < 4.78 is 0. The van der Waals surface area contributed by atoms with Crippen molar-refractivity contribution in [2.75, 3.05) is 11.8 Å². The van der Waals surface area contributed by atoms with Crippen LogP contribution < -0.4 is 0 Å². The predicted molar refractivity (Wildman–Crippen MR) is 216 cm³/mol. The predicted octanol–water partition coefficient (Wildman–Crippen LogP) is 10.4. The van der Waals surface area contributed by atoms with Crippen LogP contribution in [0, 0.1) is 11.8 Å². The van der Waals surface area contributed by atoms with Gasteiger partial charge in [0.15, 0.2) is 0 Å². The molecule has 0 aromatic carbocycles. The van der Waals surface area contributed by atoms with Gasteiger partial charge < -0.3 is 20.4 Å². The summed E-state index contributed by atoms with van der Waals surface area (Å²) >= 11 is 11.2. The number of allylic oxidation sites excluding steroid dienone is 12. The summed E-state index contributed by atoms with van der Waals surface area (Å²) in [6, 6.07) is 0. The minimum Gasteiger partial charge on any atom is -0.385 e. The molecular weight excluding hydrogens is 639 g/mol. The van der Waals surface area contributed by atoms with Crippen LogP contribution in [0.15, 0.2) is 132 Å². The number of alkyl halides is 2. The van der Waals surface area contributed by atoms with Crippen molar-refractivity contribution in [1.82, 2.24) is 0 Å². The summed E-state index contributed by atoms with van der Waals surface area (Å²) in [6.07, 6.45) is 18.7. The zero-order chi connectivity index (χ0) is 38.2. The highest BCUT2D eigenvalue weighted by Crippen LogP contribution is 2.04. The van der Waals surface area contributed by atoms with Crippen LogP contribution in [0.25, 0.3) is 0 Å². The van der Waals surface area contributed by atoms with Crippen LogP contribution in [0.4, 0.5) is 0 Å². The number of aliphatic hydroxyl groups excluding tert-OH is 4.